The van der Waals surface area contributed by atoms with Crippen LogP contribution in [-0.4, -0.2) is 36.9 Å². The molecule has 5 N–H and O–H groups in total. The van der Waals surface area contributed by atoms with E-state index in [1.165, 1.54) is 30.6 Å². The molecular weight excluding hydrogens is 559 g/mol. The van der Waals surface area contributed by atoms with Gasteiger partial charge in [-0.3, -0.25) is 14.4 Å². The smallest absolute Gasteiger partial charge is 0.248 e. The average Bonchev–Trinajstić information content (AvgIpc) is 3.57. The van der Waals surface area contributed by atoms with Gasteiger partial charge in [0.2, 0.25) is 17.7 Å². The van der Waals surface area contributed by atoms with Crippen LogP contribution in [0.2, 0.25) is 4.34 Å². The number of ether oxygens (including phenoxy) is 1. The number of benzene rings is 1. The van der Waals surface area contributed by atoms with Gasteiger partial charge in [-0.1, -0.05) is 56.1 Å². The predicted molar refractivity (Wildman–Crippen MR) is 155 cm³/mol. The summed E-state index contributed by atoms with van der Waals surface area (Å²) in [5, 5.41) is 10.1. The molecule has 1 saturated heterocycles. The first-order chi connectivity index (χ1) is 18.4. The molecule has 2 aromatic rings. The van der Waals surface area contributed by atoms with Crippen molar-refractivity contribution in [1.82, 2.24) is 5.32 Å². The van der Waals surface area contributed by atoms with Crippen LogP contribution in [0.15, 0.2) is 47.5 Å². The minimum Gasteiger partial charge on any atom is -0.495 e. The highest BCUT2D eigenvalue weighted by atomic mass is 35.5. The maximum absolute atomic E-state index is 14.1. The van der Waals surface area contributed by atoms with Gasteiger partial charge in [0.25, 0.3) is 0 Å². The normalized spacial score (nSPS) is 27.4. The van der Waals surface area contributed by atoms with Crippen LogP contribution >= 0.6 is 34.5 Å². The number of methoxy groups -OCH3 is 1. The number of carbonyl (C=O) groups is 3. The van der Waals surface area contributed by atoms with Gasteiger partial charge < -0.3 is 26.4 Å². The van der Waals surface area contributed by atoms with Crippen LogP contribution in [0.1, 0.15) is 42.4 Å². The highest BCUT2D eigenvalue weighted by Gasteiger charge is 2.68. The van der Waals surface area contributed by atoms with Gasteiger partial charge in [0.05, 0.1) is 28.9 Å². The Morgan fingerprint density at radius 1 is 1.23 bits per heavy atom. The van der Waals surface area contributed by atoms with Gasteiger partial charge in [0, 0.05) is 33.4 Å². The zero-order valence-electron chi connectivity index (χ0n) is 21.9. The highest BCUT2D eigenvalue weighted by molar-refractivity contribution is 7.17. The van der Waals surface area contributed by atoms with Crippen LogP contribution in [-0.2, 0) is 15.0 Å². The Morgan fingerprint density at radius 2 is 1.97 bits per heavy atom. The third-order valence-electron chi connectivity index (χ3n) is 7.64. The minimum atomic E-state index is -1.09. The molecule has 1 fully saturated rings. The molecule has 5 atom stereocenters. The van der Waals surface area contributed by atoms with Crippen LogP contribution in [0.3, 0.4) is 0 Å². The summed E-state index contributed by atoms with van der Waals surface area (Å²) in [6.45, 7) is 6.31. The number of amides is 3. The fraction of sp³-hybridized carbons (Fsp3) is 0.393. The molecule has 206 valence electrons. The van der Waals surface area contributed by atoms with Gasteiger partial charge in [0.1, 0.15) is 11.2 Å². The average molecular weight is 590 g/mol. The molecular formula is C28H30Cl2N4O4S. The van der Waals surface area contributed by atoms with Crippen molar-refractivity contribution in [2.45, 2.75) is 44.7 Å². The molecule has 0 saturated carbocycles. The molecule has 8 nitrogen and oxygen atoms in total. The summed E-state index contributed by atoms with van der Waals surface area (Å²) in [5.41, 5.74) is 5.46. The second kappa shape index (κ2) is 9.96. The van der Waals surface area contributed by atoms with Crippen molar-refractivity contribution in [2.24, 2.45) is 23.0 Å². The number of rotatable bonds is 6. The molecule has 11 heteroatoms. The molecule has 3 heterocycles. The van der Waals surface area contributed by atoms with E-state index in [0.717, 1.165) is 4.88 Å². The van der Waals surface area contributed by atoms with Gasteiger partial charge >= 0.3 is 0 Å². The lowest BCUT2D eigenvalue weighted by Crippen LogP contribution is -2.51. The third-order valence-corrected chi connectivity index (χ3v) is 9.43. The zero-order valence-corrected chi connectivity index (χ0v) is 24.3. The van der Waals surface area contributed by atoms with Gasteiger partial charge in [-0.25, -0.2) is 0 Å². The second-order valence-electron chi connectivity index (χ2n) is 11.3. The lowest BCUT2D eigenvalue weighted by molar-refractivity contribution is -0.123. The molecule has 1 aromatic heterocycles. The molecule has 39 heavy (non-hydrogen) atoms. The van der Waals surface area contributed by atoms with Crippen LogP contribution in [0.4, 0.5) is 11.4 Å². The Hall–Kier alpha value is -2.85. The van der Waals surface area contributed by atoms with Crippen molar-refractivity contribution in [3.8, 4) is 5.75 Å². The lowest BCUT2D eigenvalue weighted by Gasteiger charge is -2.38. The standard InChI is InChI=1S/C28H30Cl2N4O4S/c1-27(2,3)12-19-28(23-17(33-26(28)37)11-20(30)39-23)21(14-6-5-7-15(14)29)22(34-19)25(36)32-16-9-8-13(24(31)35)10-18(16)38-4/h5-11,14,19,21-22,34H,12H2,1-4H3,(H2,31,35)(H,32,36)(H,33,37)/t14?,19-,21?,22+,28+/m0/s1. The summed E-state index contributed by atoms with van der Waals surface area (Å²) in [7, 11) is 1.44. The van der Waals surface area contributed by atoms with Crippen LogP contribution in [0, 0.1) is 17.3 Å². The molecule has 3 aliphatic rings. The number of carbonyl (C=O) groups excluding carboxylic acids is 3. The quantitative estimate of drug-likeness (QED) is 0.376. The molecule has 5 rings (SSSR count). The number of nitrogens with one attached hydrogen (secondary N) is 3. The number of fused-ring (bicyclic) bond motifs is 2. The van der Waals surface area contributed by atoms with Gasteiger partial charge in [-0.2, -0.15) is 0 Å². The SMILES string of the molecule is COc1cc(C(N)=O)ccc1NC(=O)[C@@H]1N[C@@H](CC(C)(C)C)[C@@]2(C(=O)Nc3cc(Cl)sc32)C1C1C=CC=C1Cl. The van der Waals surface area contributed by atoms with E-state index < -0.39 is 23.3 Å². The van der Waals surface area contributed by atoms with Crippen molar-refractivity contribution in [1.29, 1.82) is 0 Å². The number of halogens is 2. The largest absolute Gasteiger partial charge is 0.495 e. The maximum atomic E-state index is 14.1. The van der Waals surface area contributed by atoms with Gasteiger partial charge in [0.15, 0.2) is 0 Å². The Balaban J connectivity index is 1.62. The monoisotopic (exact) mass is 588 g/mol. The fourth-order valence-electron chi connectivity index (χ4n) is 6.14. The zero-order chi connectivity index (χ0) is 28.3. The molecule has 1 spiro atoms. The summed E-state index contributed by atoms with van der Waals surface area (Å²) in [6.07, 6.45) is 6.21. The van der Waals surface area contributed by atoms with Crippen molar-refractivity contribution in [3.63, 3.8) is 0 Å². The van der Waals surface area contributed by atoms with Crippen molar-refractivity contribution < 1.29 is 19.1 Å². The second-order valence-corrected chi connectivity index (χ2v) is 13.5. The number of hydrogen-bond acceptors (Lipinski definition) is 6. The topological polar surface area (TPSA) is 123 Å². The summed E-state index contributed by atoms with van der Waals surface area (Å²) in [4.78, 5) is 40.6. The van der Waals surface area contributed by atoms with Crippen LogP contribution in [0.25, 0.3) is 0 Å². The summed E-state index contributed by atoms with van der Waals surface area (Å²) < 4.78 is 5.99. The summed E-state index contributed by atoms with van der Waals surface area (Å²) in [6, 6.07) is 5.15. The molecule has 2 unspecified atom stereocenters. The molecule has 0 radical (unpaired) electrons. The van der Waals surface area contributed by atoms with Crippen molar-refractivity contribution >= 4 is 63.6 Å². The minimum absolute atomic E-state index is 0.163. The number of thiophene rings is 1. The number of hydrogen-bond donors (Lipinski definition) is 4. The third kappa shape index (κ3) is 4.65. The number of anilines is 2. The maximum Gasteiger partial charge on any atom is 0.248 e. The molecule has 3 amide bonds. The number of allylic oxidation sites excluding steroid dienone is 4. The molecule has 0 bridgehead atoms. The van der Waals surface area contributed by atoms with E-state index in [4.69, 9.17) is 33.7 Å². The molecule has 1 aromatic carbocycles. The first kappa shape index (κ1) is 27.7. The van der Waals surface area contributed by atoms with E-state index in [1.54, 1.807) is 18.2 Å². The number of nitrogens with two attached hydrogens (primary N) is 1. The van der Waals surface area contributed by atoms with Crippen LogP contribution in [0.5, 0.6) is 5.75 Å². The highest BCUT2D eigenvalue weighted by Crippen LogP contribution is 2.59. The Kier molecular flexibility index (Phi) is 7.08. The fourth-order valence-corrected chi connectivity index (χ4v) is 7.89. The van der Waals surface area contributed by atoms with E-state index in [1.807, 2.05) is 12.2 Å². The summed E-state index contributed by atoms with van der Waals surface area (Å²) >= 11 is 14.5. The van der Waals surface area contributed by atoms with Crippen molar-refractivity contribution in [2.75, 3.05) is 17.7 Å². The molecule has 2 aliphatic heterocycles. The lowest BCUT2D eigenvalue weighted by atomic mass is 9.63. The Labute approximate surface area is 240 Å². The number of primary amides is 1. The Morgan fingerprint density at radius 3 is 2.59 bits per heavy atom. The van der Waals surface area contributed by atoms with E-state index >= 15 is 0 Å². The van der Waals surface area contributed by atoms with E-state index in [-0.39, 0.29) is 34.8 Å². The van der Waals surface area contributed by atoms with Crippen LogP contribution < -0.4 is 26.4 Å². The van der Waals surface area contributed by atoms with E-state index in [9.17, 15) is 14.4 Å². The van der Waals surface area contributed by atoms with Crippen molar-refractivity contribution in [3.05, 3.63) is 62.3 Å². The Bertz CT molecular complexity index is 1430. The first-order valence-corrected chi connectivity index (χ1v) is 14.1. The summed E-state index contributed by atoms with van der Waals surface area (Å²) in [5.74, 6) is -1.77. The predicted octanol–water partition coefficient (Wildman–Crippen LogP) is 5.04. The van der Waals surface area contributed by atoms with E-state index in [0.29, 0.717) is 32.9 Å². The van der Waals surface area contributed by atoms with Gasteiger partial charge in [-0.05, 0) is 42.2 Å². The molecule has 1 aliphatic carbocycles. The van der Waals surface area contributed by atoms with E-state index in [2.05, 4.69) is 36.7 Å². The first-order valence-electron chi connectivity index (χ1n) is 12.6. The van der Waals surface area contributed by atoms with Gasteiger partial charge in [-0.15, -0.1) is 11.3 Å².